The quantitative estimate of drug-likeness (QED) is 0.654. The number of anilines is 1. The first kappa shape index (κ1) is 15.8. The molecule has 1 aliphatic rings. The van der Waals surface area contributed by atoms with E-state index in [0.29, 0.717) is 0 Å². The second kappa shape index (κ2) is 6.43. The molecule has 116 valence electrons. The van der Waals surface area contributed by atoms with Crippen molar-refractivity contribution in [2.45, 2.75) is 20.8 Å². The maximum Gasteiger partial charge on any atom is 0.328 e. The van der Waals surface area contributed by atoms with Gasteiger partial charge in [0, 0.05) is 18.8 Å². The maximum atomic E-state index is 11.7. The minimum Gasteiger partial charge on any atom is -0.372 e. The number of urea groups is 1. The highest BCUT2D eigenvalue weighted by Gasteiger charge is 2.27. The summed E-state index contributed by atoms with van der Waals surface area (Å²) in [5.74, 6) is -1.36. The van der Waals surface area contributed by atoms with Crippen molar-refractivity contribution in [3.8, 4) is 0 Å². The van der Waals surface area contributed by atoms with E-state index in [-0.39, 0.29) is 5.57 Å². The number of imide groups is 2. The summed E-state index contributed by atoms with van der Waals surface area (Å²) in [5.41, 5.74) is 2.75. The molecule has 0 aliphatic carbocycles. The molecule has 0 saturated carbocycles. The molecule has 0 spiro atoms. The van der Waals surface area contributed by atoms with E-state index in [9.17, 15) is 14.4 Å². The highest BCUT2D eigenvalue weighted by molar-refractivity contribution is 6.31. The first-order chi connectivity index (χ1) is 10.5. The molecular weight excluding hydrogens is 282 g/mol. The van der Waals surface area contributed by atoms with Gasteiger partial charge in [0.15, 0.2) is 0 Å². The summed E-state index contributed by atoms with van der Waals surface area (Å²) in [6, 6.07) is 5.05. The number of hydrogen-bond donors (Lipinski definition) is 2. The second-order valence-electron chi connectivity index (χ2n) is 5.01. The highest BCUT2D eigenvalue weighted by Crippen LogP contribution is 2.21. The number of nitrogens with zero attached hydrogens (tertiary/aromatic N) is 1. The summed E-state index contributed by atoms with van der Waals surface area (Å²) in [7, 11) is 0. The van der Waals surface area contributed by atoms with Crippen molar-refractivity contribution in [1.82, 2.24) is 10.6 Å². The Hall–Kier alpha value is -2.63. The zero-order valence-electron chi connectivity index (χ0n) is 12.9. The van der Waals surface area contributed by atoms with Crippen LogP contribution in [0.2, 0.25) is 0 Å². The Kier molecular flexibility index (Phi) is 4.60. The van der Waals surface area contributed by atoms with Gasteiger partial charge >= 0.3 is 6.03 Å². The molecule has 22 heavy (non-hydrogen) atoms. The Labute approximate surface area is 129 Å². The lowest BCUT2D eigenvalue weighted by Crippen LogP contribution is -2.51. The van der Waals surface area contributed by atoms with Crippen molar-refractivity contribution in [3.05, 3.63) is 34.9 Å². The highest BCUT2D eigenvalue weighted by atomic mass is 16.2. The molecule has 2 rings (SSSR count). The molecule has 0 bridgehead atoms. The third-order valence-corrected chi connectivity index (χ3v) is 3.63. The minimum atomic E-state index is -0.791. The first-order valence-corrected chi connectivity index (χ1v) is 7.20. The molecule has 1 fully saturated rings. The van der Waals surface area contributed by atoms with Crippen LogP contribution in [0.5, 0.6) is 0 Å². The maximum absolute atomic E-state index is 11.7. The second-order valence-corrected chi connectivity index (χ2v) is 5.01. The van der Waals surface area contributed by atoms with E-state index in [4.69, 9.17) is 0 Å². The van der Waals surface area contributed by atoms with Gasteiger partial charge in [0.05, 0.1) is 0 Å². The Morgan fingerprint density at radius 3 is 2.14 bits per heavy atom. The molecule has 0 aromatic heterocycles. The Bertz CT molecular complexity index is 639. The Morgan fingerprint density at radius 2 is 1.64 bits per heavy atom. The van der Waals surface area contributed by atoms with E-state index in [1.54, 1.807) is 0 Å². The van der Waals surface area contributed by atoms with Crippen LogP contribution >= 0.6 is 0 Å². The fourth-order valence-corrected chi connectivity index (χ4v) is 2.37. The van der Waals surface area contributed by atoms with E-state index in [1.807, 2.05) is 25.1 Å². The molecule has 1 aromatic carbocycles. The van der Waals surface area contributed by atoms with Crippen molar-refractivity contribution < 1.29 is 14.4 Å². The van der Waals surface area contributed by atoms with E-state index in [1.165, 1.54) is 6.08 Å². The van der Waals surface area contributed by atoms with Crippen LogP contribution in [0.25, 0.3) is 6.08 Å². The zero-order chi connectivity index (χ0) is 16.3. The van der Waals surface area contributed by atoms with Gasteiger partial charge in [-0.15, -0.1) is 0 Å². The van der Waals surface area contributed by atoms with Gasteiger partial charge in [-0.2, -0.15) is 0 Å². The van der Waals surface area contributed by atoms with E-state index in [2.05, 4.69) is 29.4 Å². The van der Waals surface area contributed by atoms with E-state index < -0.39 is 17.8 Å². The normalized spacial score (nSPS) is 14.5. The smallest absolute Gasteiger partial charge is 0.328 e. The first-order valence-electron chi connectivity index (χ1n) is 7.20. The zero-order valence-corrected chi connectivity index (χ0v) is 12.9. The molecule has 0 atom stereocenters. The lowest BCUT2D eigenvalue weighted by molar-refractivity contribution is -0.123. The van der Waals surface area contributed by atoms with Gasteiger partial charge in [-0.1, -0.05) is 6.07 Å². The van der Waals surface area contributed by atoms with Crippen LogP contribution in [0.4, 0.5) is 10.5 Å². The van der Waals surface area contributed by atoms with Crippen molar-refractivity contribution >= 4 is 29.6 Å². The predicted molar refractivity (Wildman–Crippen MR) is 84.4 cm³/mol. The number of carbonyl (C=O) groups is 3. The van der Waals surface area contributed by atoms with Gasteiger partial charge < -0.3 is 4.90 Å². The number of amides is 4. The summed E-state index contributed by atoms with van der Waals surface area (Å²) in [6.07, 6.45) is 1.50. The van der Waals surface area contributed by atoms with Gasteiger partial charge in [-0.3, -0.25) is 20.2 Å². The molecule has 4 amide bonds. The average Bonchev–Trinajstić information content (AvgIpc) is 2.46. The lowest BCUT2D eigenvalue weighted by atomic mass is 10.0. The summed E-state index contributed by atoms with van der Waals surface area (Å²) in [4.78, 5) is 36.7. The van der Waals surface area contributed by atoms with Gasteiger partial charge in [0.2, 0.25) is 0 Å². The SMILES string of the molecule is CCN(CC)c1ccc(C=C2C(=O)NC(=O)NC2=O)c(C)c1. The number of rotatable bonds is 4. The molecule has 1 aromatic rings. The topological polar surface area (TPSA) is 78.5 Å². The third-order valence-electron chi connectivity index (χ3n) is 3.63. The Balaban J connectivity index is 2.34. The van der Waals surface area contributed by atoms with Crippen LogP contribution in [-0.4, -0.2) is 30.9 Å². The largest absolute Gasteiger partial charge is 0.372 e. The number of barbiturate groups is 1. The van der Waals surface area contributed by atoms with Crippen LogP contribution < -0.4 is 15.5 Å². The summed E-state index contributed by atoms with van der Waals surface area (Å²) in [6.45, 7) is 7.90. The van der Waals surface area contributed by atoms with E-state index in [0.717, 1.165) is 29.9 Å². The van der Waals surface area contributed by atoms with Gasteiger partial charge in [-0.05, 0) is 50.1 Å². The van der Waals surface area contributed by atoms with Crippen LogP contribution in [-0.2, 0) is 9.59 Å². The average molecular weight is 301 g/mol. The van der Waals surface area contributed by atoms with Crippen molar-refractivity contribution in [3.63, 3.8) is 0 Å². The van der Waals surface area contributed by atoms with Gasteiger partial charge in [-0.25, -0.2) is 4.79 Å². The molecule has 0 radical (unpaired) electrons. The number of nitrogens with one attached hydrogen (secondary N) is 2. The lowest BCUT2D eigenvalue weighted by Gasteiger charge is -2.22. The third kappa shape index (κ3) is 3.16. The number of hydrogen-bond acceptors (Lipinski definition) is 4. The van der Waals surface area contributed by atoms with Crippen LogP contribution in [0.15, 0.2) is 23.8 Å². The van der Waals surface area contributed by atoms with Crippen molar-refractivity contribution in [2.75, 3.05) is 18.0 Å². The van der Waals surface area contributed by atoms with Crippen molar-refractivity contribution in [2.24, 2.45) is 0 Å². The molecule has 2 N–H and O–H groups in total. The summed E-state index contributed by atoms with van der Waals surface area (Å²) in [5, 5.41) is 4.12. The number of benzene rings is 1. The number of carbonyl (C=O) groups excluding carboxylic acids is 3. The molecule has 6 heteroatoms. The van der Waals surface area contributed by atoms with E-state index >= 15 is 0 Å². The number of aryl methyl sites for hydroxylation is 1. The van der Waals surface area contributed by atoms with Crippen molar-refractivity contribution in [1.29, 1.82) is 0 Å². The molecule has 0 unspecified atom stereocenters. The molecule has 1 aliphatic heterocycles. The molecule has 1 saturated heterocycles. The van der Waals surface area contributed by atoms with Crippen LogP contribution in [0.1, 0.15) is 25.0 Å². The van der Waals surface area contributed by atoms with Gasteiger partial charge in [0.1, 0.15) is 5.57 Å². The molecule has 6 nitrogen and oxygen atoms in total. The summed E-state index contributed by atoms with van der Waals surface area (Å²) < 4.78 is 0. The van der Waals surface area contributed by atoms with Crippen LogP contribution in [0, 0.1) is 6.92 Å². The fourth-order valence-electron chi connectivity index (χ4n) is 2.37. The fraction of sp³-hybridized carbons (Fsp3) is 0.312. The monoisotopic (exact) mass is 301 g/mol. The molecular formula is C16H19N3O3. The van der Waals surface area contributed by atoms with Gasteiger partial charge in [0.25, 0.3) is 11.8 Å². The molecule has 1 heterocycles. The minimum absolute atomic E-state index is 0.0710. The van der Waals surface area contributed by atoms with Crippen LogP contribution in [0.3, 0.4) is 0 Å². The predicted octanol–water partition coefficient (Wildman–Crippen LogP) is 1.59. The summed E-state index contributed by atoms with van der Waals surface area (Å²) >= 11 is 0. The Morgan fingerprint density at radius 1 is 1.05 bits per heavy atom. The standard InChI is InChI=1S/C16H19N3O3/c1-4-19(5-2)12-7-6-11(10(3)8-12)9-13-14(20)17-16(22)18-15(13)21/h6-9H,4-5H2,1-3H3,(H2,17,18,20,21,22).